The van der Waals surface area contributed by atoms with Crippen molar-refractivity contribution in [1.29, 1.82) is 0 Å². The van der Waals surface area contributed by atoms with Crippen molar-refractivity contribution < 1.29 is 14.0 Å². The van der Waals surface area contributed by atoms with Crippen LogP contribution < -0.4 is 16.3 Å². The van der Waals surface area contributed by atoms with E-state index in [0.717, 1.165) is 0 Å². The Morgan fingerprint density at radius 1 is 0.879 bits per heavy atom. The third-order valence-corrected chi connectivity index (χ3v) is 4.95. The average Bonchev–Trinajstić information content (AvgIpc) is 2.79. The minimum atomic E-state index is -0.447. The molecule has 2 N–H and O–H groups in total. The van der Waals surface area contributed by atoms with Crippen LogP contribution in [0.25, 0.3) is 22.4 Å². The molecule has 3 aromatic carbocycles. The summed E-state index contributed by atoms with van der Waals surface area (Å²) in [6.07, 6.45) is 0.441. The number of anilines is 2. The molecule has 0 aliphatic carbocycles. The second kappa shape index (κ2) is 9.48. The maximum Gasteiger partial charge on any atom is 0.347 e. The maximum absolute atomic E-state index is 12.6. The molecule has 2 amide bonds. The lowest BCUT2D eigenvalue weighted by Crippen LogP contribution is -2.14. The molecule has 0 spiro atoms. The van der Waals surface area contributed by atoms with Crippen LogP contribution >= 0.6 is 0 Å². The average molecular weight is 441 g/mol. The number of nitrogens with zero attached hydrogens (tertiary/aromatic N) is 1. The molecular weight excluding hydrogens is 418 g/mol. The van der Waals surface area contributed by atoms with E-state index in [-0.39, 0.29) is 23.6 Å². The molecule has 166 valence electrons. The summed E-state index contributed by atoms with van der Waals surface area (Å²) in [5.74, 6) is 0.151. The predicted octanol–water partition coefficient (Wildman–Crippen LogP) is 5.09. The number of fused-ring (bicyclic) bond motifs is 1. The topological polar surface area (TPSA) is 101 Å². The van der Waals surface area contributed by atoms with Gasteiger partial charge in [-0.3, -0.25) is 9.59 Å². The predicted molar refractivity (Wildman–Crippen MR) is 128 cm³/mol. The first-order valence-electron chi connectivity index (χ1n) is 10.6. The van der Waals surface area contributed by atoms with Gasteiger partial charge in [-0.25, -0.2) is 9.78 Å². The van der Waals surface area contributed by atoms with Gasteiger partial charge in [0.25, 0.3) is 5.91 Å². The fourth-order valence-corrected chi connectivity index (χ4v) is 3.33. The van der Waals surface area contributed by atoms with Crippen LogP contribution in [0.2, 0.25) is 0 Å². The molecule has 0 aliphatic rings. The van der Waals surface area contributed by atoms with Crippen LogP contribution in [-0.2, 0) is 4.79 Å². The van der Waals surface area contributed by atoms with Crippen LogP contribution in [-0.4, -0.2) is 16.8 Å². The van der Waals surface area contributed by atoms with Crippen molar-refractivity contribution in [3.8, 4) is 11.5 Å². The third-order valence-electron chi connectivity index (χ3n) is 4.95. The highest BCUT2D eigenvalue weighted by Gasteiger charge is 2.11. The van der Waals surface area contributed by atoms with Gasteiger partial charge in [-0.2, -0.15) is 0 Å². The summed E-state index contributed by atoms with van der Waals surface area (Å²) >= 11 is 0. The van der Waals surface area contributed by atoms with E-state index >= 15 is 0 Å². The maximum atomic E-state index is 12.6. The first-order chi connectivity index (χ1) is 15.9. The molecule has 33 heavy (non-hydrogen) atoms. The summed E-state index contributed by atoms with van der Waals surface area (Å²) in [7, 11) is 0. The van der Waals surface area contributed by atoms with Crippen LogP contribution in [0.3, 0.4) is 0 Å². The van der Waals surface area contributed by atoms with E-state index in [0.29, 0.717) is 39.8 Å². The zero-order valence-electron chi connectivity index (χ0n) is 18.3. The lowest BCUT2D eigenvalue weighted by Gasteiger charge is -2.09. The first-order valence-corrected chi connectivity index (χ1v) is 10.6. The number of hydrogen-bond acceptors (Lipinski definition) is 5. The second-order valence-electron chi connectivity index (χ2n) is 8.08. The highest BCUT2D eigenvalue weighted by atomic mass is 16.4. The largest absolute Gasteiger partial charge is 0.403 e. The summed E-state index contributed by atoms with van der Waals surface area (Å²) in [4.78, 5) is 41.0. The minimum Gasteiger partial charge on any atom is -0.403 e. The molecule has 0 fully saturated rings. The second-order valence-corrected chi connectivity index (χ2v) is 8.08. The molecule has 1 aromatic heterocycles. The highest BCUT2D eigenvalue weighted by Crippen LogP contribution is 2.21. The van der Waals surface area contributed by atoms with Crippen molar-refractivity contribution in [2.24, 2.45) is 5.92 Å². The first kappa shape index (κ1) is 22.0. The molecule has 0 saturated heterocycles. The minimum absolute atomic E-state index is 0.0565. The van der Waals surface area contributed by atoms with Gasteiger partial charge in [-0.05, 0) is 66.6 Å². The number of hydrogen-bond donors (Lipinski definition) is 2. The van der Waals surface area contributed by atoms with Crippen molar-refractivity contribution in [2.45, 2.75) is 20.3 Å². The number of amides is 2. The molecular formula is C26H23N3O4. The molecule has 0 saturated carbocycles. The van der Waals surface area contributed by atoms with Crippen LogP contribution in [0.5, 0.6) is 0 Å². The van der Waals surface area contributed by atoms with Gasteiger partial charge in [0.05, 0.1) is 10.9 Å². The highest BCUT2D eigenvalue weighted by molar-refractivity contribution is 6.04. The molecule has 0 radical (unpaired) electrons. The Morgan fingerprint density at radius 3 is 2.21 bits per heavy atom. The molecule has 4 rings (SSSR count). The number of aromatic nitrogens is 1. The van der Waals surface area contributed by atoms with Gasteiger partial charge >= 0.3 is 5.63 Å². The lowest BCUT2D eigenvalue weighted by atomic mass is 10.1. The Labute approximate surface area is 190 Å². The molecule has 0 bridgehead atoms. The van der Waals surface area contributed by atoms with Crippen LogP contribution in [0, 0.1) is 5.92 Å². The van der Waals surface area contributed by atoms with Crippen molar-refractivity contribution in [1.82, 2.24) is 4.98 Å². The Hall–Kier alpha value is -4.26. The van der Waals surface area contributed by atoms with Gasteiger partial charge in [0.2, 0.25) is 11.8 Å². The SMILES string of the molecule is CC(C)CC(=O)Nc1ccc(C(=O)Nc2ccc(-c3nc4ccccc4c(=O)o3)cc2)cc1. The smallest absolute Gasteiger partial charge is 0.347 e. The number of benzene rings is 3. The van der Waals surface area contributed by atoms with Gasteiger partial charge in [0, 0.05) is 28.9 Å². The number of carbonyl (C=O) groups excluding carboxylic acids is 2. The van der Waals surface area contributed by atoms with Crippen molar-refractivity contribution in [2.75, 3.05) is 10.6 Å². The van der Waals surface area contributed by atoms with E-state index in [1.54, 1.807) is 66.7 Å². The summed E-state index contributed by atoms with van der Waals surface area (Å²) in [5.41, 5.74) is 2.43. The summed E-state index contributed by atoms with van der Waals surface area (Å²) in [5, 5.41) is 6.07. The molecule has 1 heterocycles. The molecule has 0 aliphatic heterocycles. The van der Waals surface area contributed by atoms with E-state index in [1.807, 2.05) is 19.9 Å². The summed E-state index contributed by atoms with van der Waals surface area (Å²) in [6, 6.07) is 20.6. The lowest BCUT2D eigenvalue weighted by molar-refractivity contribution is -0.116. The number of carbonyl (C=O) groups is 2. The van der Waals surface area contributed by atoms with E-state index < -0.39 is 5.63 Å². The zero-order valence-corrected chi connectivity index (χ0v) is 18.3. The quantitative estimate of drug-likeness (QED) is 0.434. The van der Waals surface area contributed by atoms with E-state index in [9.17, 15) is 14.4 Å². The Kier molecular flexibility index (Phi) is 6.31. The summed E-state index contributed by atoms with van der Waals surface area (Å²) in [6.45, 7) is 3.96. The summed E-state index contributed by atoms with van der Waals surface area (Å²) < 4.78 is 5.34. The fraction of sp³-hybridized carbons (Fsp3) is 0.154. The number of para-hydroxylation sites is 1. The molecule has 4 aromatic rings. The third kappa shape index (κ3) is 5.33. The van der Waals surface area contributed by atoms with Crippen molar-refractivity contribution in [3.63, 3.8) is 0 Å². The van der Waals surface area contributed by atoms with E-state index in [2.05, 4.69) is 15.6 Å². The van der Waals surface area contributed by atoms with Gasteiger partial charge in [0.15, 0.2) is 0 Å². The monoisotopic (exact) mass is 441 g/mol. The van der Waals surface area contributed by atoms with Gasteiger partial charge < -0.3 is 15.1 Å². The molecule has 7 heteroatoms. The number of nitrogens with one attached hydrogen (secondary N) is 2. The van der Waals surface area contributed by atoms with Gasteiger partial charge in [-0.15, -0.1) is 0 Å². The Bertz CT molecular complexity index is 1360. The van der Waals surface area contributed by atoms with Crippen LogP contribution in [0.1, 0.15) is 30.6 Å². The van der Waals surface area contributed by atoms with Crippen molar-refractivity contribution >= 4 is 34.1 Å². The van der Waals surface area contributed by atoms with Crippen molar-refractivity contribution in [3.05, 3.63) is 88.8 Å². The standard InChI is InChI=1S/C26H23N3O4/c1-16(2)15-23(30)27-19-11-7-17(8-12-19)24(31)28-20-13-9-18(10-14-20)25-29-22-6-4-3-5-21(22)26(32)33-25/h3-14,16H,15H2,1-2H3,(H,27,30)(H,28,31). The Balaban J connectivity index is 1.43. The molecule has 7 nitrogen and oxygen atoms in total. The zero-order chi connectivity index (χ0) is 23.4. The van der Waals surface area contributed by atoms with Crippen LogP contribution in [0.4, 0.5) is 11.4 Å². The van der Waals surface area contributed by atoms with Gasteiger partial charge in [-0.1, -0.05) is 26.0 Å². The normalized spacial score (nSPS) is 10.9. The molecule has 0 atom stereocenters. The van der Waals surface area contributed by atoms with E-state index in [1.165, 1.54) is 0 Å². The molecule has 0 unspecified atom stereocenters. The fourth-order valence-electron chi connectivity index (χ4n) is 3.33. The van der Waals surface area contributed by atoms with Crippen LogP contribution in [0.15, 0.2) is 82.0 Å². The van der Waals surface area contributed by atoms with E-state index in [4.69, 9.17) is 4.42 Å². The Morgan fingerprint density at radius 2 is 1.52 bits per heavy atom. The van der Waals surface area contributed by atoms with Gasteiger partial charge in [0.1, 0.15) is 0 Å². The number of rotatable bonds is 6.